The van der Waals surface area contributed by atoms with E-state index in [1.807, 2.05) is 31.4 Å². The van der Waals surface area contributed by atoms with Gasteiger partial charge in [-0.15, -0.1) is 0 Å². The molecule has 6 nitrogen and oxygen atoms in total. The van der Waals surface area contributed by atoms with Crippen molar-refractivity contribution in [3.8, 4) is 5.75 Å². The number of nitrogens with one attached hydrogen (secondary N) is 2. The van der Waals surface area contributed by atoms with Gasteiger partial charge in [-0.1, -0.05) is 43.1 Å². The second kappa shape index (κ2) is 12.0. The summed E-state index contributed by atoms with van der Waals surface area (Å²) < 4.78 is 42.4. The largest absolute Gasteiger partial charge is 0.496 e. The van der Waals surface area contributed by atoms with Gasteiger partial charge in [0.05, 0.1) is 12.8 Å². The van der Waals surface area contributed by atoms with E-state index in [9.17, 15) is 18.0 Å². The lowest BCUT2D eigenvalue weighted by molar-refractivity contribution is -0.153. The van der Waals surface area contributed by atoms with Crippen LogP contribution < -0.4 is 20.5 Å². The van der Waals surface area contributed by atoms with E-state index in [0.29, 0.717) is 11.6 Å². The van der Waals surface area contributed by atoms with Crippen molar-refractivity contribution in [1.82, 2.24) is 10.4 Å². The topological polar surface area (TPSA) is 66.5 Å². The zero-order valence-corrected chi connectivity index (χ0v) is 20.0. The number of anilines is 2. The fraction of sp³-hybridized carbons (Fsp3) is 0.478. The van der Waals surface area contributed by atoms with Gasteiger partial charge in [-0.2, -0.15) is 13.2 Å². The molecular weight excluding hydrogens is 457 g/mol. The molecule has 2 N–H and O–H groups in total. The van der Waals surface area contributed by atoms with E-state index in [0.717, 1.165) is 31.7 Å². The highest BCUT2D eigenvalue weighted by Gasteiger charge is 2.31. The first-order chi connectivity index (χ1) is 15.7. The molecule has 1 aliphatic rings. The third-order valence-corrected chi connectivity index (χ3v) is 5.58. The van der Waals surface area contributed by atoms with Crippen molar-refractivity contribution in [3.05, 3.63) is 46.6 Å². The summed E-state index contributed by atoms with van der Waals surface area (Å²) in [5.41, 5.74) is 7.45. The molecule has 1 fully saturated rings. The van der Waals surface area contributed by atoms with Crippen LogP contribution in [0.3, 0.4) is 0 Å². The van der Waals surface area contributed by atoms with Crippen molar-refractivity contribution in [2.45, 2.75) is 52.1 Å². The van der Waals surface area contributed by atoms with Crippen molar-refractivity contribution in [3.63, 3.8) is 0 Å². The Bertz CT molecular complexity index is 932. The molecule has 2 heterocycles. The highest BCUT2D eigenvalue weighted by atomic mass is 35.5. The number of carbonyl (C=O) groups excluding carboxylic acids is 1. The van der Waals surface area contributed by atoms with E-state index in [2.05, 4.69) is 28.3 Å². The standard InChI is InChI=1S/C21H24ClF3N4O2.C2H6/c1-13-3-4-17(31-2)15(11-13)14-6-9-29(10-7-14)16-5-8-26-20(19(16)22)28-27-18(30)12-21(23,24)25;1-2/h3-5,8,11,14H,6-7,9-10,12H2,1-2H3,(H,26,28)(H,27,30);1-2H3. The van der Waals surface area contributed by atoms with Gasteiger partial charge in [-0.25, -0.2) is 4.98 Å². The third kappa shape index (κ3) is 7.42. The number of nitrogens with zero attached hydrogens (tertiary/aromatic N) is 2. The number of carbonyl (C=O) groups is 1. The highest BCUT2D eigenvalue weighted by Crippen LogP contribution is 2.38. The van der Waals surface area contributed by atoms with E-state index < -0.39 is 18.5 Å². The number of aromatic nitrogens is 1. The van der Waals surface area contributed by atoms with Crippen LogP contribution in [0, 0.1) is 6.92 Å². The quantitative estimate of drug-likeness (QED) is 0.501. The number of hydrogen-bond donors (Lipinski definition) is 2. The fourth-order valence-corrected chi connectivity index (χ4v) is 4.00. The van der Waals surface area contributed by atoms with Gasteiger partial charge in [0.25, 0.3) is 0 Å². The maximum Gasteiger partial charge on any atom is 0.397 e. The molecule has 1 amide bonds. The van der Waals surface area contributed by atoms with Crippen LogP contribution in [0.25, 0.3) is 0 Å². The van der Waals surface area contributed by atoms with Crippen LogP contribution in [-0.2, 0) is 4.79 Å². The lowest BCUT2D eigenvalue weighted by atomic mass is 9.88. The molecule has 1 aromatic carbocycles. The average Bonchev–Trinajstić information content (AvgIpc) is 2.79. The number of alkyl halides is 3. The van der Waals surface area contributed by atoms with Crippen LogP contribution in [0.5, 0.6) is 5.75 Å². The molecule has 3 rings (SSSR count). The number of methoxy groups -OCH3 is 1. The van der Waals surface area contributed by atoms with Crippen molar-refractivity contribution >= 4 is 29.0 Å². The average molecular weight is 487 g/mol. The molecule has 0 bridgehead atoms. The first kappa shape index (κ1) is 26.6. The lowest BCUT2D eigenvalue weighted by Crippen LogP contribution is -2.35. The maximum atomic E-state index is 12.3. The Hall–Kier alpha value is -2.68. The van der Waals surface area contributed by atoms with Crippen LogP contribution in [0.2, 0.25) is 5.02 Å². The predicted molar refractivity (Wildman–Crippen MR) is 125 cm³/mol. The summed E-state index contributed by atoms with van der Waals surface area (Å²) in [4.78, 5) is 17.5. The SMILES string of the molecule is CC.COc1ccc(C)cc1C1CCN(c2ccnc(NNC(=O)CC(F)(F)F)c2Cl)CC1. The smallest absolute Gasteiger partial charge is 0.397 e. The van der Waals surface area contributed by atoms with Crippen molar-refractivity contribution in [2.75, 3.05) is 30.5 Å². The predicted octanol–water partition coefficient (Wildman–Crippen LogP) is 5.86. The van der Waals surface area contributed by atoms with E-state index in [1.165, 1.54) is 17.3 Å². The van der Waals surface area contributed by atoms with Crippen molar-refractivity contribution < 1.29 is 22.7 Å². The fourth-order valence-electron chi connectivity index (χ4n) is 3.72. The summed E-state index contributed by atoms with van der Waals surface area (Å²) in [7, 11) is 1.67. The lowest BCUT2D eigenvalue weighted by Gasteiger charge is -2.35. The molecule has 2 aromatic rings. The minimum absolute atomic E-state index is 0.0946. The first-order valence-corrected chi connectivity index (χ1v) is 11.2. The summed E-state index contributed by atoms with van der Waals surface area (Å²) in [5, 5.41) is 0.237. The molecule has 0 atom stereocenters. The number of benzene rings is 1. The summed E-state index contributed by atoms with van der Waals surface area (Å²) in [6.07, 6.45) is -2.90. The van der Waals surface area contributed by atoms with E-state index in [4.69, 9.17) is 16.3 Å². The minimum atomic E-state index is -4.59. The Balaban J connectivity index is 0.00000187. The monoisotopic (exact) mass is 486 g/mol. The molecular formula is C23H30ClF3N4O2. The maximum absolute atomic E-state index is 12.3. The molecule has 0 radical (unpaired) electrons. The number of ether oxygens (including phenoxy) is 1. The van der Waals surface area contributed by atoms with Gasteiger partial charge in [0.1, 0.15) is 17.2 Å². The summed E-state index contributed by atoms with van der Waals surface area (Å²) >= 11 is 6.42. The zero-order valence-electron chi connectivity index (χ0n) is 19.2. The third-order valence-electron chi connectivity index (χ3n) is 5.21. The zero-order chi connectivity index (χ0) is 24.6. The van der Waals surface area contributed by atoms with Gasteiger partial charge < -0.3 is 9.64 Å². The molecule has 1 aliphatic heterocycles. The van der Waals surface area contributed by atoms with Gasteiger partial charge in [0, 0.05) is 19.3 Å². The van der Waals surface area contributed by atoms with E-state index in [1.54, 1.807) is 13.2 Å². The molecule has 10 heteroatoms. The second-order valence-electron chi connectivity index (χ2n) is 7.46. The number of amides is 1. The van der Waals surface area contributed by atoms with Crippen molar-refractivity contribution in [2.24, 2.45) is 0 Å². The molecule has 0 spiro atoms. The number of pyridine rings is 1. The second-order valence-corrected chi connectivity index (χ2v) is 7.84. The summed E-state index contributed by atoms with van der Waals surface area (Å²) in [6, 6.07) is 7.92. The number of hydrogen-bond acceptors (Lipinski definition) is 5. The Morgan fingerprint density at radius 3 is 2.52 bits per heavy atom. The van der Waals surface area contributed by atoms with E-state index >= 15 is 0 Å². The molecule has 0 unspecified atom stereocenters. The summed E-state index contributed by atoms with van der Waals surface area (Å²) in [5.74, 6) is 0.110. The number of piperidine rings is 1. The number of rotatable bonds is 6. The Kier molecular flexibility index (Phi) is 9.64. The van der Waals surface area contributed by atoms with Gasteiger partial charge in [0.2, 0.25) is 5.91 Å². The van der Waals surface area contributed by atoms with Gasteiger partial charge in [-0.3, -0.25) is 15.6 Å². The van der Waals surface area contributed by atoms with Crippen LogP contribution in [-0.4, -0.2) is 37.3 Å². The Morgan fingerprint density at radius 1 is 1.24 bits per heavy atom. The van der Waals surface area contributed by atoms with Crippen LogP contribution in [0.15, 0.2) is 30.5 Å². The molecule has 1 saturated heterocycles. The molecule has 0 aliphatic carbocycles. The molecule has 1 aromatic heterocycles. The number of halogens is 4. The highest BCUT2D eigenvalue weighted by molar-refractivity contribution is 6.35. The first-order valence-electron chi connectivity index (χ1n) is 10.8. The van der Waals surface area contributed by atoms with Crippen molar-refractivity contribution in [1.29, 1.82) is 0 Å². The number of aryl methyl sites for hydroxylation is 1. The number of hydrazine groups is 1. The van der Waals surface area contributed by atoms with Crippen LogP contribution >= 0.6 is 11.6 Å². The van der Waals surface area contributed by atoms with Crippen LogP contribution in [0.1, 0.15) is 50.2 Å². The van der Waals surface area contributed by atoms with Gasteiger partial charge >= 0.3 is 6.18 Å². The van der Waals surface area contributed by atoms with Gasteiger partial charge in [-0.05, 0) is 43.4 Å². The Morgan fingerprint density at radius 2 is 1.91 bits per heavy atom. The normalized spacial score (nSPS) is 14.2. The molecule has 0 saturated carbocycles. The molecule has 33 heavy (non-hydrogen) atoms. The van der Waals surface area contributed by atoms with Gasteiger partial charge in [0.15, 0.2) is 5.82 Å². The summed E-state index contributed by atoms with van der Waals surface area (Å²) in [6.45, 7) is 7.54. The minimum Gasteiger partial charge on any atom is -0.496 e. The van der Waals surface area contributed by atoms with Crippen LogP contribution in [0.4, 0.5) is 24.7 Å². The van der Waals surface area contributed by atoms with E-state index in [-0.39, 0.29) is 10.8 Å². The molecule has 182 valence electrons. The Labute approximate surface area is 197 Å².